The van der Waals surface area contributed by atoms with E-state index in [0.717, 1.165) is 0 Å². The smallest absolute Gasteiger partial charge is 0.313 e. The van der Waals surface area contributed by atoms with E-state index in [9.17, 15) is 14.4 Å². The molecule has 1 N–H and O–H groups in total. The van der Waals surface area contributed by atoms with Gasteiger partial charge in [0.2, 0.25) is 6.41 Å². The van der Waals surface area contributed by atoms with Crippen LogP contribution in [0.3, 0.4) is 0 Å². The highest BCUT2D eigenvalue weighted by Crippen LogP contribution is 2.37. The average Bonchev–Trinajstić information content (AvgIpc) is 2.44. The van der Waals surface area contributed by atoms with Gasteiger partial charge in [0, 0.05) is 12.7 Å². The lowest BCUT2D eigenvalue weighted by atomic mass is 9.98. The van der Waals surface area contributed by atoms with Crippen LogP contribution in [0.5, 0.6) is 0 Å². The van der Waals surface area contributed by atoms with Gasteiger partial charge in [-0.2, -0.15) is 0 Å². The molecule has 0 spiro atoms. The van der Waals surface area contributed by atoms with Crippen LogP contribution in [0, 0.1) is 10.8 Å². The predicted molar refractivity (Wildman–Crippen MR) is 88.9 cm³/mol. The molecule has 24 heavy (non-hydrogen) atoms. The fraction of sp³-hybridized carbons (Fsp3) is 0.800. The molecule has 0 atom stereocenters. The Kier molecular flexibility index (Phi) is 10.0. The van der Waals surface area contributed by atoms with Crippen LogP contribution in [0.4, 0.5) is 0 Å². The van der Waals surface area contributed by atoms with Crippen molar-refractivity contribution in [3.8, 4) is 0 Å². The number of ether oxygens (including phenoxy) is 2. The minimum Gasteiger partial charge on any atom is -0.438 e. The van der Waals surface area contributed by atoms with E-state index >= 15 is 0 Å². The van der Waals surface area contributed by atoms with Gasteiger partial charge in [0.15, 0.2) is 22.0 Å². The second kappa shape index (κ2) is 10.6. The second-order valence-corrected chi connectivity index (χ2v) is 8.61. The first-order valence-corrected chi connectivity index (χ1v) is 8.89. The molecule has 0 fully saturated rings. The lowest BCUT2D eigenvalue weighted by Crippen LogP contribution is -2.25. The molecule has 0 aromatic rings. The zero-order valence-corrected chi connectivity index (χ0v) is 16.1. The Hall–Kier alpha value is -1.24. The molecule has 0 saturated carbocycles. The summed E-state index contributed by atoms with van der Waals surface area (Å²) in [5, 5.41) is 2.49. The molecule has 0 aromatic heterocycles. The van der Waals surface area contributed by atoms with E-state index in [4.69, 9.17) is 18.5 Å². The molecule has 0 unspecified atom stereocenters. The van der Waals surface area contributed by atoms with Crippen LogP contribution in [0.1, 0.15) is 41.5 Å². The number of esters is 2. The molecule has 8 nitrogen and oxygen atoms in total. The predicted octanol–water partition coefficient (Wildman–Crippen LogP) is 2.17. The topological polar surface area (TPSA) is 100 Å². The Bertz CT molecular complexity index is 383. The van der Waals surface area contributed by atoms with E-state index < -0.39 is 31.1 Å². The van der Waals surface area contributed by atoms with Gasteiger partial charge in [0.25, 0.3) is 0 Å². The third-order valence-electron chi connectivity index (χ3n) is 2.52. The first-order chi connectivity index (χ1) is 11.0. The molecule has 0 heterocycles. The Balaban J connectivity index is 4.30. The number of amides is 1. The summed E-state index contributed by atoms with van der Waals surface area (Å²) in [4.78, 5) is 33.6. The van der Waals surface area contributed by atoms with Crippen molar-refractivity contribution in [2.75, 3.05) is 26.3 Å². The van der Waals surface area contributed by atoms with Gasteiger partial charge < -0.3 is 14.8 Å². The fourth-order valence-electron chi connectivity index (χ4n) is 1.09. The molecule has 1 amide bonds. The standard InChI is InChI=1S/C15H28NO7P/c1-14(2,3)12(18)20-10-22-24(8-7-16-9-17)23-11-21-13(19)15(4,5)6/h9H,7-8,10-11H2,1-6H3,(H,16,17). The number of hydrogen-bond donors (Lipinski definition) is 1. The van der Waals surface area contributed by atoms with Crippen molar-refractivity contribution < 1.29 is 32.9 Å². The third-order valence-corrected chi connectivity index (χ3v) is 3.90. The number of nitrogens with one attached hydrogen (secondary N) is 1. The van der Waals surface area contributed by atoms with Crippen LogP contribution in [-0.2, 0) is 32.9 Å². The lowest BCUT2D eigenvalue weighted by molar-refractivity contribution is -0.161. The number of hydrogen-bond acceptors (Lipinski definition) is 7. The first-order valence-electron chi connectivity index (χ1n) is 7.53. The van der Waals surface area contributed by atoms with Gasteiger partial charge in [0.1, 0.15) is 0 Å². The minimum atomic E-state index is -1.48. The van der Waals surface area contributed by atoms with Gasteiger partial charge in [-0.25, -0.2) is 0 Å². The molecule has 140 valence electrons. The lowest BCUT2D eigenvalue weighted by Gasteiger charge is -2.21. The van der Waals surface area contributed by atoms with Crippen molar-refractivity contribution >= 4 is 26.7 Å². The molecular formula is C15H28NO7P. The molecular weight excluding hydrogens is 337 g/mol. The van der Waals surface area contributed by atoms with Crippen LogP contribution in [0.25, 0.3) is 0 Å². The van der Waals surface area contributed by atoms with Gasteiger partial charge in [-0.1, -0.05) is 0 Å². The quantitative estimate of drug-likeness (QED) is 0.208. The van der Waals surface area contributed by atoms with E-state index in [0.29, 0.717) is 19.1 Å². The molecule has 0 aliphatic carbocycles. The summed E-state index contributed by atoms with van der Waals surface area (Å²) in [5.41, 5.74) is -1.26. The van der Waals surface area contributed by atoms with E-state index in [-0.39, 0.29) is 13.6 Å². The minimum absolute atomic E-state index is 0.268. The zero-order valence-electron chi connectivity index (χ0n) is 15.2. The SMILES string of the molecule is CC(C)(C)C(=O)OCOP(CCNC=O)OCOC(=O)C(C)(C)C. The van der Waals surface area contributed by atoms with Crippen molar-refractivity contribution in [1.82, 2.24) is 5.32 Å². The van der Waals surface area contributed by atoms with E-state index in [2.05, 4.69) is 5.32 Å². The van der Waals surface area contributed by atoms with E-state index in [1.54, 1.807) is 41.5 Å². The van der Waals surface area contributed by atoms with Crippen molar-refractivity contribution in [2.45, 2.75) is 41.5 Å². The molecule has 0 bridgehead atoms. The molecule has 0 aliphatic heterocycles. The maximum absolute atomic E-state index is 11.7. The summed E-state index contributed by atoms with van der Waals surface area (Å²) < 4.78 is 20.8. The van der Waals surface area contributed by atoms with Crippen LogP contribution < -0.4 is 5.32 Å². The van der Waals surface area contributed by atoms with Crippen molar-refractivity contribution in [3.63, 3.8) is 0 Å². The summed E-state index contributed by atoms with van der Waals surface area (Å²) in [7, 11) is -1.48. The summed E-state index contributed by atoms with van der Waals surface area (Å²) in [6.07, 6.45) is 0.932. The Labute approximate surface area is 144 Å². The summed E-state index contributed by atoms with van der Waals surface area (Å²) in [6.45, 7) is 10.2. The first kappa shape index (κ1) is 22.8. The van der Waals surface area contributed by atoms with E-state index in [1.807, 2.05) is 0 Å². The van der Waals surface area contributed by atoms with Crippen LogP contribution in [0.2, 0.25) is 0 Å². The molecule has 0 saturated heterocycles. The highest BCUT2D eigenvalue weighted by Gasteiger charge is 2.25. The number of carbonyl (C=O) groups excluding carboxylic acids is 3. The second-order valence-electron chi connectivity index (χ2n) is 6.99. The van der Waals surface area contributed by atoms with Crippen molar-refractivity contribution in [3.05, 3.63) is 0 Å². The number of rotatable bonds is 10. The van der Waals surface area contributed by atoms with Crippen molar-refractivity contribution in [1.29, 1.82) is 0 Å². The van der Waals surface area contributed by atoms with Gasteiger partial charge in [-0.3, -0.25) is 23.4 Å². The van der Waals surface area contributed by atoms with Gasteiger partial charge in [-0.05, 0) is 41.5 Å². The largest absolute Gasteiger partial charge is 0.438 e. The molecule has 0 radical (unpaired) electrons. The van der Waals surface area contributed by atoms with Gasteiger partial charge in [0.05, 0.1) is 10.8 Å². The van der Waals surface area contributed by atoms with E-state index in [1.165, 1.54) is 0 Å². The molecule has 0 aromatic carbocycles. The normalized spacial score (nSPS) is 12.0. The maximum atomic E-state index is 11.7. The molecule has 0 rings (SSSR count). The van der Waals surface area contributed by atoms with Crippen molar-refractivity contribution in [2.24, 2.45) is 10.8 Å². The average molecular weight is 365 g/mol. The summed E-state index contributed by atoms with van der Waals surface area (Å²) >= 11 is 0. The van der Waals surface area contributed by atoms with Crippen LogP contribution >= 0.6 is 8.38 Å². The van der Waals surface area contributed by atoms with Gasteiger partial charge in [-0.15, -0.1) is 0 Å². The summed E-state index contributed by atoms with van der Waals surface area (Å²) in [5.74, 6) is -0.801. The third kappa shape index (κ3) is 10.5. The summed E-state index contributed by atoms with van der Waals surface area (Å²) in [6, 6.07) is 0. The fourth-order valence-corrected chi connectivity index (χ4v) is 2.08. The zero-order chi connectivity index (χ0) is 18.8. The Morgan fingerprint density at radius 3 is 1.67 bits per heavy atom. The Morgan fingerprint density at radius 2 is 1.33 bits per heavy atom. The monoisotopic (exact) mass is 365 g/mol. The molecule has 9 heteroatoms. The highest BCUT2D eigenvalue weighted by molar-refractivity contribution is 7.47. The highest BCUT2D eigenvalue weighted by atomic mass is 31.2. The van der Waals surface area contributed by atoms with Crippen LogP contribution in [0.15, 0.2) is 0 Å². The molecule has 0 aliphatic rings. The number of carbonyl (C=O) groups is 3. The van der Waals surface area contributed by atoms with Gasteiger partial charge >= 0.3 is 11.9 Å². The maximum Gasteiger partial charge on any atom is 0.313 e. The Morgan fingerprint density at radius 1 is 0.917 bits per heavy atom. The van der Waals surface area contributed by atoms with Crippen LogP contribution in [-0.4, -0.2) is 44.6 Å².